The molecule has 5 rings (SSSR count). The topological polar surface area (TPSA) is 119 Å². The summed E-state index contributed by atoms with van der Waals surface area (Å²) in [7, 11) is 1.51. The van der Waals surface area contributed by atoms with Gasteiger partial charge in [-0.1, -0.05) is 30.3 Å². The Morgan fingerprint density at radius 2 is 1.58 bits per heavy atom. The highest BCUT2D eigenvalue weighted by Gasteiger charge is 2.15. The van der Waals surface area contributed by atoms with Crippen molar-refractivity contribution in [2.24, 2.45) is 0 Å². The molecule has 0 saturated heterocycles. The number of nitrogens with one attached hydrogen (secondary N) is 2. The summed E-state index contributed by atoms with van der Waals surface area (Å²) >= 11 is 0. The summed E-state index contributed by atoms with van der Waals surface area (Å²) in [5, 5.41) is 6.59. The Hall–Kier alpha value is -5.24. The third-order valence-corrected chi connectivity index (χ3v) is 6.15. The van der Waals surface area contributed by atoms with E-state index in [1.54, 1.807) is 42.6 Å². The first-order valence-corrected chi connectivity index (χ1v) is 11.9. The van der Waals surface area contributed by atoms with Crippen molar-refractivity contribution >= 4 is 40.0 Å². The highest BCUT2D eigenvalue weighted by atomic mass is 16.5. The van der Waals surface area contributed by atoms with E-state index in [9.17, 15) is 9.59 Å². The van der Waals surface area contributed by atoms with Crippen LogP contribution in [0.15, 0.2) is 91.1 Å². The van der Waals surface area contributed by atoms with Crippen molar-refractivity contribution in [3.8, 4) is 16.9 Å². The number of nitrogen functional groups attached to an aromatic ring is 1. The van der Waals surface area contributed by atoms with Crippen molar-refractivity contribution < 1.29 is 14.3 Å². The zero-order valence-corrected chi connectivity index (χ0v) is 20.9. The lowest BCUT2D eigenvalue weighted by atomic mass is 9.97. The van der Waals surface area contributed by atoms with Gasteiger partial charge in [0.05, 0.1) is 18.3 Å². The molecule has 0 radical (unpaired) electrons. The largest absolute Gasteiger partial charge is 0.495 e. The van der Waals surface area contributed by atoms with Gasteiger partial charge in [-0.2, -0.15) is 0 Å². The number of hydrogen-bond acceptors (Lipinski definition) is 6. The number of aromatic nitrogens is 2. The van der Waals surface area contributed by atoms with E-state index in [4.69, 9.17) is 10.5 Å². The fraction of sp³-hybridized carbons (Fsp3) is 0.0667. The molecule has 0 aliphatic heterocycles. The lowest BCUT2D eigenvalue weighted by Gasteiger charge is -2.14. The van der Waals surface area contributed by atoms with E-state index in [2.05, 4.69) is 20.6 Å². The standard InChI is InChI=1S/C30H25N5O3/c1-18-8-9-20(15-24(18)19-10-12-25-22(14-19)17-32-30(31)35-25)29(37)34-26-16-21(11-13-27(26)38-2)28(36)33-23-6-4-3-5-7-23/h3-17H,1-2H3,(H,33,36)(H,34,37)(H2,31,32,35). The van der Waals surface area contributed by atoms with Gasteiger partial charge in [-0.25, -0.2) is 9.97 Å². The van der Waals surface area contributed by atoms with Crippen LogP contribution in [-0.2, 0) is 0 Å². The maximum atomic E-state index is 13.3. The number of methoxy groups -OCH3 is 1. The quantitative estimate of drug-likeness (QED) is 0.273. The molecule has 0 unspecified atom stereocenters. The number of carbonyl (C=O) groups excluding carboxylic acids is 2. The SMILES string of the molecule is COc1ccc(C(=O)Nc2ccccc2)cc1NC(=O)c1ccc(C)c(-c2ccc3nc(N)ncc3c2)c1. The van der Waals surface area contributed by atoms with Gasteiger partial charge in [0.15, 0.2) is 0 Å². The number of aryl methyl sites for hydroxylation is 1. The zero-order chi connectivity index (χ0) is 26.6. The van der Waals surface area contributed by atoms with Crippen LogP contribution in [0.25, 0.3) is 22.0 Å². The van der Waals surface area contributed by atoms with E-state index in [1.165, 1.54) is 7.11 Å². The van der Waals surface area contributed by atoms with Crippen LogP contribution in [-0.4, -0.2) is 28.9 Å². The Labute approximate surface area is 219 Å². The van der Waals surface area contributed by atoms with E-state index >= 15 is 0 Å². The molecule has 0 aliphatic rings. The van der Waals surface area contributed by atoms with E-state index in [1.807, 2.05) is 55.5 Å². The van der Waals surface area contributed by atoms with Gasteiger partial charge < -0.3 is 21.1 Å². The van der Waals surface area contributed by atoms with Crippen LogP contribution in [0.2, 0.25) is 0 Å². The van der Waals surface area contributed by atoms with Crippen LogP contribution >= 0.6 is 0 Å². The smallest absolute Gasteiger partial charge is 0.255 e. The average Bonchev–Trinajstić information content (AvgIpc) is 2.93. The predicted octanol–water partition coefficient (Wildman–Crippen LogP) is 5.70. The number of rotatable bonds is 6. The van der Waals surface area contributed by atoms with E-state index < -0.39 is 0 Å². The minimum atomic E-state index is -0.331. The number of benzene rings is 4. The minimum Gasteiger partial charge on any atom is -0.495 e. The highest BCUT2D eigenvalue weighted by Crippen LogP contribution is 2.30. The summed E-state index contributed by atoms with van der Waals surface area (Å²) < 4.78 is 5.43. The summed E-state index contributed by atoms with van der Waals surface area (Å²) in [6, 6.07) is 25.3. The van der Waals surface area contributed by atoms with Gasteiger partial charge in [-0.05, 0) is 78.2 Å². The van der Waals surface area contributed by atoms with Crippen molar-refractivity contribution in [1.29, 1.82) is 0 Å². The highest BCUT2D eigenvalue weighted by molar-refractivity contribution is 6.08. The number of nitrogens with zero attached hydrogens (tertiary/aromatic N) is 2. The molecule has 188 valence electrons. The van der Waals surface area contributed by atoms with E-state index in [0.29, 0.717) is 28.3 Å². The van der Waals surface area contributed by atoms with Crippen molar-refractivity contribution in [3.05, 3.63) is 108 Å². The summed E-state index contributed by atoms with van der Waals surface area (Å²) in [4.78, 5) is 34.4. The molecule has 0 aliphatic carbocycles. The number of carbonyl (C=O) groups is 2. The fourth-order valence-electron chi connectivity index (χ4n) is 4.16. The number of amides is 2. The van der Waals surface area contributed by atoms with Crippen LogP contribution in [0.3, 0.4) is 0 Å². The molecule has 38 heavy (non-hydrogen) atoms. The van der Waals surface area contributed by atoms with Gasteiger partial charge in [0, 0.05) is 28.4 Å². The molecule has 0 saturated carbocycles. The van der Waals surface area contributed by atoms with Gasteiger partial charge in [-0.15, -0.1) is 0 Å². The summed E-state index contributed by atoms with van der Waals surface area (Å²) in [5.74, 6) is 0.0315. The number of para-hydroxylation sites is 1. The zero-order valence-electron chi connectivity index (χ0n) is 20.9. The van der Waals surface area contributed by atoms with Gasteiger partial charge in [0.2, 0.25) is 5.95 Å². The lowest BCUT2D eigenvalue weighted by molar-refractivity contribution is 0.101. The molecule has 0 spiro atoms. The molecule has 1 aromatic heterocycles. The number of anilines is 3. The number of hydrogen-bond donors (Lipinski definition) is 3. The van der Waals surface area contributed by atoms with Gasteiger partial charge in [-0.3, -0.25) is 9.59 Å². The van der Waals surface area contributed by atoms with Gasteiger partial charge >= 0.3 is 0 Å². The monoisotopic (exact) mass is 503 g/mol. The second kappa shape index (κ2) is 10.4. The third kappa shape index (κ3) is 5.15. The summed E-state index contributed by atoms with van der Waals surface area (Å²) in [6.45, 7) is 1.98. The predicted molar refractivity (Wildman–Crippen MR) is 149 cm³/mol. The molecule has 4 aromatic carbocycles. The number of ether oxygens (including phenoxy) is 1. The van der Waals surface area contributed by atoms with Crippen molar-refractivity contribution in [2.45, 2.75) is 6.92 Å². The third-order valence-electron chi connectivity index (χ3n) is 6.15. The van der Waals surface area contributed by atoms with E-state index in [0.717, 1.165) is 27.6 Å². The minimum absolute atomic E-state index is 0.220. The maximum absolute atomic E-state index is 13.3. The summed E-state index contributed by atoms with van der Waals surface area (Å²) in [5.41, 5.74) is 11.2. The average molecular weight is 504 g/mol. The molecule has 2 amide bonds. The second-order valence-electron chi connectivity index (χ2n) is 8.72. The molecule has 0 bridgehead atoms. The van der Waals surface area contributed by atoms with Crippen molar-refractivity contribution in [2.75, 3.05) is 23.5 Å². The normalized spacial score (nSPS) is 10.7. The van der Waals surface area contributed by atoms with Crippen LogP contribution in [0.1, 0.15) is 26.3 Å². The second-order valence-corrected chi connectivity index (χ2v) is 8.72. The van der Waals surface area contributed by atoms with Crippen molar-refractivity contribution in [1.82, 2.24) is 9.97 Å². The fourth-order valence-corrected chi connectivity index (χ4v) is 4.16. The van der Waals surface area contributed by atoms with Crippen LogP contribution < -0.4 is 21.1 Å². The molecule has 5 aromatic rings. The Kier molecular flexibility index (Phi) is 6.69. The number of fused-ring (bicyclic) bond motifs is 1. The van der Waals surface area contributed by atoms with Crippen LogP contribution in [0, 0.1) is 6.92 Å². The lowest BCUT2D eigenvalue weighted by Crippen LogP contribution is -2.15. The molecule has 8 nitrogen and oxygen atoms in total. The molecule has 0 atom stereocenters. The Morgan fingerprint density at radius 3 is 2.37 bits per heavy atom. The van der Waals surface area contributed by atoms with Gasteiger partial charge in [0.1, 0.15) is 5.75 Å². The first kappa shape index (κ1) is 24.5. The van der Waals surface area contributed by atoms with Crippen LogP contribution in [0.5, 0.6) is 5.75 Å². The Morgan fingerprint density at radius 1 is 0.842 bits per heavy atom. The first-order chi connectivity index (χ1) is 18.4. The number of nitrogens with two attached hydrogens (primary N) is 1. The maximum Gasteiger partial charge on any atom is 0.255 e. The first-order valence-electron chi connectivity index (χ1n) is 11.9. The Bertz CT molecular complexity index is 1670. The van der Waals surface area contributed by atoms with E-state index in [-0.39, 0.29) is 17.8 Å². The summed E-state index contributed by atoms with van der Waals surface area (Å²) in [6.07, 6.45) is 1.68. The molecule has 0 fully saturated rings. The molecule has 8 heteroatoms. The Balaban J connectivity index is 1.41. The van der Waals surface area contributed by atoms with Crippen LogP contribution in [0.4, 0.5) is 17.3 Å². The molecule has 1 heterocycles. The molecule has 4 N–H and O–H groups in total. The molecular formula is C30H25N5O3. The molecular weight excluding hydrogens is 478 g/mol. The van der Waals surface area contributed by atoms with Gasteiger partial charge in [0.25, 0.3) is 11.8 Å². The van der Waals surface area contributed by atoms with Crippen molar-refractivity contribution in [3.63, 3.8) is 0 Å².